The van der Waals surface area contributed by atoms with E-state index in [1.807, 2.05) is 12.1 Å². The zero-order chi connectivity index (χ0) is 17.6. The SMILES string of the molecule is CN=C(NCCCOCCOC)NCCOc1cc(C)cc(C)c1. The van der Waals surface area contributed by atoms with Gasteiger partial charge in [0.1, 0.15) is 12.4 Å². The van der Waals surface area contributed by atoms with Gasteiger partial charge in [0.05, 0.1) is 19.8 Å². The van der Waals surface area contributed by atoms with Gasteiger partial charge in [-0.3, -0.25) is 4.99 Å². The Balaban J connectivity index is 2.11. The lowest BCUT2D eigenvalue weighted by Gasteiger charge is -2.13. The van der Waals surface area contributed by atoms with Crippen LogP contribution >= 0.6 is 0 Å². The third-order valence-electron chi connectivity index (χ3n) is 3.27. The van der Waals surface area contributed by atoms with Crippen LogP contribution in [0.15, 0.2) is 23.2 Å². The van der Waals surface area contributed by atoms with Crippen molar-refractivity contribution in [2.45, 2.75) is 20.3 Å². The lowest BCUT2D eigenvalue weighted by molar-refractivity contribution is 0.0698. The molecule has 24 heavy (non-hydrogen) atoms. The molecule has 0 aliphatic rings. The molecular formula is C18H31N3O3. The van der Waals surface area contributed by atoms with E-state index in [-0.39, 0.29) is 0 Å². The Morgan fingerprint density at radius 1 is 0.958 bits per heavy atom. The van der Waals surface area contributed by atoms with Crippen LogP contribution in [-0.2, 0) is 9.47 Å². The summed E-state index contributed by atoms with van der Waals surface area (Å²) in [7, 11) is 3.43. The number of aliphatic imine (C=N–C) groups is 1. The number of rotatable bonds is 11. The highest BCUT2D eigenvalue weighted by Crippen LogP contribution is 2.15. The maximum absolute atomic E-state index is 5.77. The van der Waals surface area contributed by atoms with Crippen molar-refractivity contribution in [3.8, 4) is 5.75 Å². The van der Waals surface area contributed by atoms with Gasteiger partial charge < -0.3 is 24.8 Å². The van der Waals surface area contributed by atoms with Gasteiger partial charge >= 0.3 is 0 Å². The van der Waals surface area contributed by atoms with E-state index in [1.54, 1.807) is 14.2 Å². The largest absolute Gasteiger partial charge is 0.492 e. The molecule has 0 saturated carbocycles. The number of ether oxygens (including phenoxy) is 3. The minimum absolute atomic E-state index is 0.587. The van der Waals surface area contributed by atoms with E-state index in [4.69, 9.17) is 14.2 Å². The van der Waals surface area contributed by atoms with Crippen LogP contribution in [0.4, 0.5) is 0 Å². The molecule has 0 saturated heterocycles. The van der Waals surface area contributed by atoms with Gasteiger partial charge in [-0.2, -0.15) is 0 Å². The van der Waals surface area contributed by atoms with E-state index in [0.717, 1.165) is 24.7 Å². The fourth-order valence-corrected chi connectivity index (χ4v) is 2.20. The van der Waals surface area contributed by atoms with Crippen molar-refractivity contribution in [3.05, 3.63) is 29.3 Å². The molecule has 6 nitrogen and oxygen atoms in total. The lowest BCUT2D eigenvalue weighted by atomic mass is 10.1. The molecule has 0 atom stereocenters. The molecule has 0 fully saturated rings. The minimum atomic E-state index is 0.587. The number of hydrogen-bond acceptors (Lipinski definition) is 4. The van der Waals surface area contributed by atoms with E-state index < -0.39 is 0 Å². The zero-order valence-corrected chi connectivity index (χ0v) is 15.4. The van der Waals surface area contributed by atoms with Crippen molar-refractivity contribution in [3.63, 3.8) is 0 Å². The normalized spacial score (nSPS) is 11.4. The van der Waals surface area contributed by atoms with E-state index in [2.05, 4.69) is 35.5 Å². The molecule has 0 aliphatic heterocycles. The third-order valence-corrected chi connectivity index (χ3v) is 3.27. The van der Waals surface area contributed by atoms with Crippen LogP contribution in [0.25, 0.3) is 0 Å². The summed E-state index contributed by atoms with van der Waals surface area (Å²) < 4.78 is 16.1. The van der Waals surface area contributed by atoms with Gasteiger partial charge in [-0.05, 0) is 43.5 Å². The standard InChI is InChI=1S/C18H31N3O3/c1-15-12-16(2)14-17(13-15)24-9-7-21-18(19-3)20-6-5-8-23-11-10-22-4/h12-14H,5-11H2,1-4H3,(H2,19,20,21). The Morgan fingerprint density at radius 2 is 1.67 bits per heavy atom. The Kier molecular flexibility index (Phi) is 10.6. The Labute approximate surface area is 145 Å². The highest BCUT2D eigenvalue weighted by molar-refractivity contribution is 5.79. The van der Waals surface area contributed by atoms with Gasteiger partial charge in [0, 0.05) is 27.3 Å². The van der Waals surface area contributed by atoms with E-state index in [0.29, 0.717) is 33.0 Å². The van der Waals surface area contributed by atoms with Crippen LogP contribution in [0.2, 0.25) is 0 Å². The van der Waals surface area contributed by atoms with Gasteiger partial charge in [-0.15, -0.1) is 0 Å². The predicted molar refractivity (Wildman–Crippen MR) is 98.1 cm³/mol. The third kappa shape index (κ3) is 9.37. The van der Waals surface area contributed by atoms with Gasteiger partial charge in [0.25, 0.3) is 0 Å². The first kappa shape index (κ1) is 20.3. The molecule has 136 valence electrons. The van der Waals surface area contributed by atoms with Gasteiger partial charge in [-0.25, -0.2) is 0 Å². The average Bonchev–Trinajstić information content (AvgIpc) is 2.55. The summed E-state index contributed by atoms with van der Waals surface area (Å²) in [5.41, 5.74) is 2.42. The quantitative estimate of drug-likeness (QED) is 0.367. The molecule has 0 heterocycles. The molecule has 1 aromatic carbocycles. The van der Waals surface area contributed by atoms with Crippen molar-refractivity contribution >= 4 is 5.96 Å². The molecule has 0 radical (unpaired) electrons. The fourth-order valence-electron chi connectivity index (χ4n) is 2.20. The summed E-state index contributed by atoms with van der Waals surface area (Å²) in [6.45, 7) is 8.22. The summed E-state index contributed by atoms with van der Waals surface area (Å²) in [6, 6.07) is 6.23. The van der Waals surface area contributed by atoms with Crippen LogP contribution < -0.4 is 15.4 Å². The number of hydrogen-bond donors (Lipinski definition) is 2. The molecule has 2 N–H and O–H groups in total. The van der Waals surface area contributed by atoms with Crippen LogP contribution in [0.5, 0.6) is 5.75 Å². The van der Waals surface area contributed by atoms with Crippen molar-refractivity contribution in [1.82, 2.24) is 10.6 Å². The van der Waals surface area contributed by atoms with E-state index >= 15 is 0 Å². The highest BCUT2D eigenvalue weighted by atomic mass is 16.5. The number of nitrogens with zero attached hydrogens (tertiary/aromatic N) is 1. The van der Waals surface area contributed by atoms with Gasteiger partial charge in [0.15, 0.2) is 5.96 Å². The van der Waals surface area contributed by atoms with E-state index in [1.165, 1.54) is 11.1 Å². The number of aryl methyl sites for hydroxylation is 2. The molecule has 0 unspecified atom stereocenters. The molecule has 1 rings (SSSR count). The highest BCUT2D eigenvalue weighted by Gasteiger charge is 1.99. The van der Waals surface area contributed by atoms with Crippen LogP contribution in [0, 0.1) is 13.8 Å². The molecule has 0 amide bonds. The Hall–Kier alpha value is -1.79. The maximum Gasteiger partial charge on any atom is 0.191 e. The summed E-state index contributed by atoms with van der Waals surface area (Å²) in [5, 5.41) is 6.48. The first-order valence-electron chi connectivity index (χ1n) is 8.38. The second-order valence-corrected chi connectivity index (χ2v) is 5.56. The summed E-state index contributed by atoms with van der Waals surface area (Å²) in [5.74, 6) is 1.68. The summed E-state index contributed by atoms with van der Waals surface area (Å²) >= 11 is 0. The fraction of sp³-hybridized carbons (Fsp3) is 0.611. The van der Waals surface area contributed by atoms with Crippen molar-refractivity contribution in [2.75, 3.05) is 53.7 Å². The first-order valence-corrected chi connectivity index (χ1v) is 8.38. The second kappa shape index (κ2) is 12.6. The number of guanidine groups is 1. The Bertz CT molecular complexity index is 472. The van der Waals surface area contributed by atoms with Crippen LogP contribution in [-0.4, -0.2) is 59.6 Å². The second-order valence-electron chi connectivity index (χ2n) is 5.56. The van der Waals surface area contributed by atoms with Crippen molar-refractivity contribution < 1.29 is 14.2 Å². The zero-order valence-electron chi connectivity index (χ0n) is 15.4. The minimum Gasteiger partial charge on any atom is -0.492 e. The first-order chi connectivity index (χ1) is 11.7. The molecule has 0 aromatic heterocycles. The van der Waals surface area contributed by atoms with Gasteiger partial charge in [0.2, 0.25) is 0 Å². The van der Waals surface area contributed by atoms with Crippen molar-refractivity contribution in [1.29, 1.82) is 0 Å². The maximum atomic E-state index is 5.77. The predicted octanol–water partition coefficient (Wildman–Crippen LogP) is 1.90. The lowest BCUT2D eigenvalue weighted by Crippen LogP contribution is -2.39. The molecule has 6 heteroatoms. The smallest absolute Gasteiger partial charge is 0.191 e. The molecule has 0 bridgehead atoms. The number of benzene rings is 1. The summed E-state index contributed by atoms with van der Waals surface area (Å²) in [6.07, 6.45) is 0.920. The summed E-state index contributed by atoms with van der Waals surface area (Å²) in [4.78, 5) is 4.19. The van der Waals surface area contributed by atoms with Crippen LogP contribution in [0.3, 0.4) is 0 Å². The van der Waals surface area contributed by atoms with E-state index in [9.17, 15) is 0 Å². The number of methoxy groups -OCH3 is 1. The molecular weight excluding hydrogens is 306 g/mol. The monoisotopic (exact) mass is 337 g/mol. The number of nitrogens with one attached hydrogen (secondary N) is 2. The molecule has 0 aliphatic carbocycles. The molecule has 1 aromatic rings. The van der Waals surface area contributed by atoms with Crippen molar-refractivity contribution in [2.24, 2.45) is 4.99 Å². The molecule has 0 spiro atoms. The van der Waals surface area contributed by atoms with Crippen LogP contribution in [0.1, 0.15) is 17.5 Å². The van der Waals surface area contributed by atoms with Gasteiger partial charge in [-0.1, -0.05) is 6.07 Å². The average molecular weight is 337 g/mol. The topological polar surface area (TPSA) is 64.1 Å². The Morgan fingerprint density at radius 3 is 2.33 bits per heavy atom.